The number of halogens is 1. The Labute approximate surface area is 261 Å². The van der Waals surface area contributed by atoms with Gasteiger partial charge in [0.25, 0.3) is 0 Å². The molecule has 43 heavy (non-hydrogen) atoms. The highest BCUT2D eigenvalue weighted by atomic mass is 35.5. The van der Waals surface area contributed by atoms with Gasteiger partial charge in [-0.2, -0.15) is 4.98 Å². The Balaban J connectivity index is 1.17. The van der Waals surface area contributed by atoms with Gasteiger partial charge in [0.2, 0.25) is 5.95 Å². The molecule has 2 aromatic carbocycles. The third kappa shape index (κ3) is 6.61. The number of ether oxygens (including phenoxy) is 1. The highest BCUT2D eigenvalue weighted by Crippen LogP contribution is 2.42. The van der Waals surface area contributed by atoms with Crippen LogP contribution in [0.25, 0.3) is 10.2 Å². The summed E-state index contributed by atoms with van der Waals surface area (Å²) in [5.74, 6) is 1.47. The van der Waals surface area contributed by atoms with Crippen LogP contribution in [0.1, 0.15) is 12.8 Å². The van der Waals surface area contributed by atoms with Gasteiger partial charge in [0.15, 0.2) is 5.82 Å². The van der Waals surface area contributed by atoms with Gasteiger partial charge in [-0.15, -0.1) is 11.3 Å². The topological polar surface area (TPSA) is 98.8 Å². The van der Waals surface area contributed by atoms with Crippen molar-refractivity contribution >= 4 is 74.4 Å². The molecule has 0 aliphatic carbocycles. The highest BCUT2D eigenvalue weighted by molar-refractivity contribution is 7.71. The number of rotatable bonds is 8. The van der Waals surface area contributed by atoms with Crippen LogP contribution in [-0.4, -0.2) is 97.5 Å². The Hall–Kier alpha value is -2.95. The molecule has 0 radical (unpaired) electrons. The summed E-state index contributed by atoms with van der Waals surface area (Å²) < 4.78 is 20.0. The number of nitrogens with one attached hydrogen (secondary N) is 2. The molecule has 0 unspecified atom stereocenters. The van der Waals surface area contributed by atoms with Crippen molar-refractivity contribution in [2.24, 2.45) is 0 Å². The van der Waals surface area contributed by atoms with Crippen LogP contribution in [0, 0.1) is 0 Å². The van der Waals surface area contributed by atoms with E-state index < -0.39 is 7.14 Å². The lowest BCUT2D eigenvalue weighted by Crippen LogP contribution is -2.52. The van der Waals surface area contributed by atoms with Crippen molar-refractivity contribution in [3.63, 3.8) is 0 Å². The van der Waals surface area contributed by atoms with Gasteiger partial charge in [-0.25, -0.2) is 9.97 Å². The normalized spacial score (nSPS) is 17.4. The first-order valence-electron chi connectivity index (χ1n) is 14.5. The molecule has 2 fully saturated rings. The van der Waals surface area contributed by atoms with Crippen molar-refractivity contribution in [2.45, 2.75) is 18.9 Å². The molecule has 0 spiro atoms. The zero-order chi connectivity index (χ0) is 30.1. The van der Waals surface area contributed by atoms with Crippen LogP contribution < -0.4 is 25.6 Å². The SMILES string of the molecule is COc1cc(N2CCC(N3CCN(C)CC3)CC2)ccc1Nc1ncc(Cl)c(Nc2ccc3scnc3c2P(C)(C)=O)n1. The van der Waals surface area contributed by atoms with Crippen molar-refractivity contribution in [3.8, 4) is 5.75 Å². The van der Waals surface area contributed by atoms with Gasteiger partial charge in [-0.3, -0.25) is 4.90 Å². The number of benzene rings is 2. The summed E-state index contributed by atoms with van der Waals surface area (Å²) >= 11 is 8.03. The maximum atomic E-state index is 13.3. The van der Waals surface area contributed by atoms with Crippen LogP contribution >= 0.6 is 30.1 Å². The van der Waals surface area contributed by atoms with Crippen LogP contribution in [-0.2, 0) is 4.57 Å². The second-order valence-corrected chi connectivity index (χ2v) is 16.0. The molecule has 10 nitrogen and oxygen atoms in total. The maximum Gasteiger partial charge on any atom is 0.229 e. The standard InChI is InChI=1S/C30H38ClN8O2PS/c1-37-13-15-39(16-14-37)20-9-11-38(12-10-20)21-5-6-23(25(17-21)41-2)35-30-32-18-22(31)29(36-30)34-24-7-8-26-27(33-19-43-26)28(24)42(3,4)40/h5-8,17-20H,9-16H2,1-4H3,(H2,32,34,35,36). The first-order valence-corrected chi connectivity index (χ1v) is 18.4. The number of thiazole rings is 1. The Morgan fingerprint density at radius 2 is 1.74 bits per heavy atom. The van der Waals surface area contributed by atoms with Gasteiger partial charge in [0.05, 0.1) is 45.7 Å². The van der Waals surface area contributed by atoms with Gasteiger partial charge >= 0.3 is 0 Å². The fourth-order valence-electron chi connectivity index (χ4n) is 5.98. The second-order valence-electron chi connectivity index (χ2n) is 11.6. The zero-order valence-electron chi connectivity index (χ0n) is 25.0. The van der Waals surface area contributed by atoms with E-state index >= 15 is 0 Å². The van der Waals surface area contributed by atoms with E-state index in [1.165, 1.54) is 37.3 Å². The van der Waals surface area contributed by atoms with Gasteiger partial charge in [-0.1, -0.05) is 11.6 Å². The van der Waals surface area contributed by atoms with Gasteiger partial charge < -0.3 is 29.7 Å². The smallest absolute Gasteiger partial charge is 0.229 e. The fourth-order valence-corrected chi connectivity index (χ4v) is 8.28. The Morgan fingerprint density at radius 1 is 1.00 bits per heavy atom. The number of piperazine rings is 1. The summed E-state index contributed by atoms with van der Waals surface area (Å²) in [6.07, 6.45) is 3.88. The average Bonchev–Trinajstić information content (AvgIpc) is 3.47. The van der Waals surface area contributed by atoms with Crippen molar-refractivity contribution in [1.29, 1.82) is 0 Å². The molecule has 13 heteroatoms. The maximum absolute atomic E-state index is 13.3. The number of fused-ring (bicyclic) bond motifs is 1. The molecule has 0 saturated carbocycles. The lowest BCUT2D eigenvalue weighted by molar-refractivity contribution is 0.0982. The summed E-state index contributed by atoms with van der Waals surface area (Å²) in [6.45, 7) is 10.2. The average molecular weight is 641 g/mol. The number of methoxy groups -OCH3 is 1. The number of likely N-dealkylation sites (N-methyl/N-ethyl adjacent to an activating group) is 1. The first-order chi connectivity index (χ1) is 20.7. The number of hydrogen-bond donors (Lipinski definition) is 2. The minimum Gasteiger partial charge on any atom is -0.494 e. The Bertz CT molecular complexity index is 1650. The van der Waals surface area contributed by atoms with Gasteiger partial charge in [0.1, 0.15) is 17.9 Å². The number of nitrogens with zero attached hydrogens (tertiary/aromatic N) is 6. The van der Waals surface area contributed by atoms with E-state index in [0.29, 0.717) is 39.6 Å². The molecule has 6 rings (SSSR count). The summed E-state index contributed by atoms with van der Waals surface area (Å²) in [7, 11) is 1.20. The van der Waals surface area contributed by atoms with Crippen LogP contribution in [0.5, 0.6) is 5.75 Å². The summed E-state index contributed by atoms with van der Waals surface area (Å²) in [6, 6.07) is 10.7. The third-order valence-electron chi connectivity index (χ3n) is 8.33. The summed E-state index contributed by atoms with van der Waals surface area (Å²) in [4.78, 5) is 21.1. The van der Waals surface area contributed by atoms with Crippen LogP contribution in [0.2, 0.25) is 5.02 Å². The molecule has 2 aliphatic rings. The molecule has 0 bridgehead atoms. The number of anilines is 5. The van der Waals surface area contributed by atoms with Crippen molar-refractivity contribution in [3.05, 3.63) is 47.1 Å². The number of hydrogen-bond acceptors (Lipinski definition) is 11. The van der Waals surface area contributed by atoms with Crippen molar-refractivity contribution in [2.75, 3.05) is 82.3 Å². The molecule has 0 amide bonds. The molecule has 2 saturated heterocycles. The summed E-state index contributed by atoms with van der Waals surface area (Å²) in [5.41, 5.74) is 5.06. The predicted molar refractivity (Wildman–Crippen MR) is 180 cm³/mol. The van der Waals surface area contributed by atoms with Crippen molar-refractivity contribution < 1.29 is 9.30 Å². The van der Waals surface area contributed by atoms with Crippen LogP contribution in [0.3, 0.4) is 0 Å². The largest absolute Gasteiger partial charge is 0.494 e. The summed E-state index contributed by atoms with van der Waals surface area (Å²) in [5, 5.41) is 7.61. The molecule has 4 heterocycles. The van der Waals surface area contributed by atoms with Gasteiger partial charge in [-0.05, 0) is 57.5 Å². The predicted octanol–water partition coefficient (Wildman–Crippen LogP) is 5.70. The van der Waals surface area contributed by atoms with E-state index in [-0.39, 0.29) is 0 Å². The van der Waals surface area contributed by atoms with E-state index in [1.54, 1.807) is 32.1 Å². The molecular formula is C30H38ClN8O2PS. The Morgan fingerprint density at radius 3 is 2.47 bits per heavy atom. The lowest BCUT2D eigenvalue weighted by Gasteiger charge is -2.42. The lowest BCUT2D eigenvalue weighted by atomic mass is 10.0. The second kappa shape index (κ2) is 12.6. The molecule has 0 atom stereocenters. The fraction of sp³-hybridized carbons (Fsp3) is 0.433. The molecule has 2 N–H and O–H groups in total. The minimum absolute atomic E-state index is 0.346. The van der Waals surface area contributed by atoms with Crippen LogP contribution in [0.4, 0.5) is 28.8 Å². The van der Waals surface area contributed by atoms with Crippen molar-refractivity contribution in [1.82, 2.24) is 24.8 Å². The zero-order valence-corrected chi connectivity index (χ0v) is 27.5. The number of aromatic nitrogens is 3. The highest BCUT2D eigenvalue weighted by Gasteiger charge is 2.27. The molecule has 2 aliphatic heterocycles. The van der Waals surface area contributed by atoms with Gasteiger partial charge in [0, 0.05) is 57.1 Å². The van der Waals surface area contributed by atoms with E-state index in [4.69, 9.17) is 16.3 Å². The Kier molecular flexibility index (Phi) is 8.80. The minimum atomic E-state index is -2.67. The molecule has 2 aromatic heterocycles. The third-order valence-corrected chi connectivity index (χ3v) is 10.9. The van der Waals surface area contributed by atoms with E-state index in [2.05, 4.69) is 59.5 Å². The first kappa shape index (κ1) is 30.1. The van der Waals surface area contributed by atoms with E-state index in [9.17, 15) is 4.57 Å². The quantitative estimate of drug-likeness (QED) is 0.233. The number of piperidine rings is 1. The van der Waals surface area contributed by atoms with E-state index in [1.807, 2.05) is 18.2 Å². The molecular weight excluding hydrogens is 603 g/mol. The molecule has 228 valence electrons. The van der Waals surface area contributed by atoms with Crippen LogP contribution in [0.15, 0.2) is 42.0 Å². The van der Waals surface area contributed by atoms with E-state index in [0.717, 1.165) is 47.8 Å². The molecule has 4 aromatic rings. The monoisotopic (exact) mass is 640 g/mol.